The second-order valence-corrected chi connectivity index (χ2v) is 5.81. The van der Waals surface area contributed by atoms with Gasteiger partial charge >= 0.3 is 0 Å². The van der Waals surface area contributed by atoms with E-state index in [-0.39, 0.29) is 0 Å². The van der Waals surface area contributed by atoms with Gasteiger partial charge in [0.15, 0.2) is 0 Å². The van der Waals surface area contributed by atoms with Gasteiger partial charge in [0.25, 0.3) is 0 Å². The molecule has 1 saturated carbocycles. The van der Waals surface area contributed by atoms with Crippen LogP contribution in [-0.2, 0) is 6.42 Å². The van der Waals surface area contributed by atoms with E-state index in [1.807, 2.05) is 0 Å². The molecular formula is C18H25F. The maximum atomic E-state index is 12.0. The van der Waals surface area contributed by atoms with Crippen molar-refractivity contribution in [3.05, 3.63) is 47.8 Å². The highest BCUT2D eigenvalue weighted by atomic mass is 19.1. The maximum absolute atomic E-state index is 12.0. The van der Waals surface area contributed by atoms with Gasteiger partial charge in [0, 0.05) is 0 Å². The van der Waals surface area contributed by atoms with Crippen molar-refractivity contribution in [2.75, 3.05) is 0 Å². The molecule has 104 valence electrons. The van der Waals surface area contributed by atoms with Gasteiger partial charge in [-0.3, -0.25) is 0 Å². The van der Waals surface area contributed by atoms with Gasteiger partial charge in [0.1, 0.15) is 0 Å². The summed E-state index contributed by atoms with van der Waals surface area (Å²) < 4.78 is 12.0. The summed E-state index contributed by atoms with van der Waals surface area (Å²) in [6, 6.07) is 8.78. The van der Waals surface area contributed by atoms with Crippen molar-refractivity contribution in [3.63, 3.8) is 0 Å². The molecule has 1 aromatic carbocycles. The standard InChI is InChI=1S/C18H25F/c1-2-4-15-6-10-17(11-7-15)18-12-8-16(9-13-18)5-3-14-19/h3,8-9,12-15,17H,2,4-7,10-11H2,1H3/b14-3+. The molecule has 0 nitrogen and oxygen atoms in total. The summed E-state index contributed by atoms with van der Waals surface area (Å²) in [5, 5.41) is 0. The number of hydrogen-bond acceptors (Lipinski definition) is 0. The highest BCUT2D eigenvalue weighted by Gasteiger charge is 2.21. The number of allylic oxidation sites excluding steroid dienone is 1. The highest BCUT2D eigenvalue weighted by molar-refractivity contribution is 5.27. The number of halogens is 1. The fourth-order valence-electron chi connectivity index (χ4n) is 3.30. The summed E-state index contributed by atoms with van der Waals surface area (Å²) in [6.07, 6.45) is 11.1. The zero-order valence-corrected chi connectivity index (χ0v) is 11.9. The monoisotopic (exact) mass is 260 g/mol. The van der Waals surface area contributed by atoms with E-state index >= 15 is 0 Å². The molecule has 0 unspecified atom stereocenters. The zero-order valence-electron chi connectivity index (χ0n) is 11.9. The van der Waals surface area contributed by atoms with Crippen LogP contribution in [0.25, 0.3) is 0 Å². The van der Waals surface area contributed by atoms with Crippen molar-refractivity contribution in [2.45, 2.75) is 57.8 Å². The van der Waals surface area contributed by atoms with E-state index < -0.39 is 0 Å². The van der Waals surface area contributed by atoms with Gasteiger partial charge in [-0.2, -0.15) is 0 Å². The van der Waals surface area contributed by atoms with Crippen LogP contribution in [0, 0.1) is 5.92 Å². The second kappa shape index (κ2) is 7.47. The van der Waals surface area contributed by atoms with Gasteiger partial charge in [-0.25, -0.2) is 4.39 Å². The van der Waals surface area contributed by atoms with Crippen molar-refractivity contribution in [3.8, 4) is 0 Å². The average molecular weight is 260 g/mol. The third-order valence-corrected chi connectivity index (χ3v) is 4.44. The van der Waals surface area contributed by atoms with E-state index in [0.29, 0.717) is 12.8 Å². The molecule has 0 saturated heterocycles. The molecule has 1 aliphatic rings. The molecule has 1 aliphatic carbocycles. The van der Waals surface area contributed by atoms with Crippen LogP contribution >= 0.6 is 0 Å². The first-order chi connectivity index (χ1) is 9.33. The molecule has 2 rings (SSSR count). The van der Waals surface area contributed by atoms with Gasteiger partial charge in [0.05, 0.1) is 6.33 Å². The maximum Gasteiger partial charge on any atom is 0.0830 e. The third-order valence-electron chi connectivity index (χ3n) is 4.44. The van der Waals surface area contributed by atoms with Crippen LogP contribution < -0.4 is 0 Å². The summed E-state index contributed by atoms with van der Waals surface area (Å²) >= 11 is 0. The van der Waals surface area contributed by atoms with Gasteiger partial charge in [-0.15, -0.1) is 0 Å². The predicted molar refractivity (Wildman–Crippen MR) is 80.0 cm³/mol. The molecular weight excluding hydrogens is 235 g/mol. The lowest BCUT2D eigenvalue weighted by atomic mass is 9.77. The minimum absolute atomic E-state index is 0.628. The summed E-state index contributed by atoms with van der Waals surface area (Å²) in [4.78, 5) is 0. The second-order valence-electron chi connectivity index (χ2n) is 5.81. The van der Waals surface area contributed by atoms with Gasteiger partial charge in [-0.05, 0) is 55.1 Å². The molecule has 0 amide bonds. The molecule has 19 heavy (non-hydrogen) atoms. The number of benzene rings is 1. The van der Waals surface area contributed by atoms with Crippen molar-refractivity contribution in [1.29, 1.82) is 0 Å². The Bertz CT molecular complexity index is 383. The number of hydrogen-bond donors (Lipinski definition) is 0. The van der Waals surface area contributed by atoms with E-state index in [0.717, 1.165) is 11.8 Å². The quantitative estimate of drug-likeness (QED) is 0.629. The van der Waals surface area contributed by atoms with Crippen molar-refractivity contribution >= 4 is 0 Å². The minimum atomic E-state index is 0.628. The van der Waals surface area contributed by atoms with Crippen LogP contribution in [0.5, 0.6) is 0 Å². The topological polar surface area (TPSA) is 0 Å². The first-order valence-corrected chi connectivity index (χ1v) is 7.67. The van der Waals surface area contributed by atoms with E-state index in [4.69, 9.17) is 0 Å². The molecule has 0 atom stereocenters. The molecule has 1 heteroatoms. The Kier molecular flexibility index (Phi) is 5.62. The lowest BCUT2D eigenvalue weighted by molar-refractivity contribution is 0.308. The lowest BCUT2D eigenvalue weighted by Crippen LogP contribution is -2.13. The van der Waals surface area contributed by atoms with E-state index in [2.05, 4.69) is 31.2 Å². The Balaban J connectivity index is 1.89. The molecule has 1 fully saturated rings. The Hall–Kier alpha value is -1.11. The molecule has 0 N–H and O–H groups in total. The van der Waals surface area contributed by atoms with Crippen LogP contribution in [0.4, 0.5) is 4.39 Å². The van der Waals surface area contributed by atoms with E-state index in [9.17, 15) is 4.39 Å². The third kappa shape index (κ3) is 4.19. The minimum Gasteiger partial charge on any atom is -0.216 e. The predicted octanol–water partition coefficient (Wildman–Crippen LogP) is 5.79. The SMILES string of the molecule is CCCC1CCC(c2ccc(C/C=C/F)cc2)CC1. The lowest BCUT2D eigenvalue weighted by Gasteiger charge is -2.28. The zero-order chi connectivity index (χ0) is 13.5. The Morgan fingerprint density at radius 2 is 1.79 bits per heavy atom. The van der Waals surface area contributed by atoms with Crippen LogP contribution in [0.3, 0.4) is 0 Å². The normalized spacial score (nSPS) is 23.9. The van der Waals surface area contributed by atoms with Crippen LogP contribution in [0.15, 0.2) is 36.7 Å². The molecule has 0 bridgehead atoms. The Morgan fingerprint density at radius 3 is 2.37 bits per heavy atom. The van der Waals surface area contributed by atoms with Crippen molar-refractivity contribution < 1.29 is 4.39 Å². The molecule has 0 radical (unpaired) electrons. The van der Waals surface area contributed by atoms with Crippen molar-refractivity contribution in [2.24, 2.45) is 5.92 Å². The summed E-state index contributed by atoms with van der Waals surface area (Å²) in [5.74, 6) is 1.72. The fourth-order valence-corrected chi connectivity index (χ4v) is 3.30. The fraction of sp³-hybridized carbons (Fsp3) is 0.556. The van der Waals surface area contributed by atoms with Gasteiger partial charge in [0.2, 0.25) is 0 Å². The first-order valence-electron chi connectivity index (χ1n) is 7.67. The van der Waals surface area contributed by atoms with Crippen LogP contribution in [-0.4, -0.2) is 0 Å². The van der Waals surface area contributed by atoms with Gasteiger partial charge in [-0.1, -0.05) is 50.1 Å². The smallest absolute Gasteiger partial charge is 0.0830 e. The summed E-state index contributed by atoms with van der Waals surface area (Å²) in [5.41, 5.74) is 2.67. The molecule has 0 spiro atoms. The van der Waals surface area contributed by atoms with E-state index in [1.165, 1.54) is 49.7 Å². The Labute approximate surface area is 116 Å². The average Bonchev–Trinajstić information content (AvgIpc) is 2.47. The summed E-state index contributed by atoms with van der Waals surface area (Å²) in [6.45, 7) is 2.29. The molecule has 1 aromatic rings. The van der Waals surface area contributed by atoms with Crippen molar-refractivity contribution in [1.82, 2.24) is 0 Å². The largest absolute Gasteiger partial charge is 0.216 e. The molecule has 0 aliphatic heterocycles. The molecule has 0 aromatic heterocycles. The summed E-state index contributed by atoms with van der Waals surface area (Å²) in [7, 11) is 0. The number of rotatable bonds is 5. The van der Waals surface area contributed by atoms with E-state index in [1.54, 1.807) is 6.08 Å². The molecule has 0 heterocycles. The first kappa shape index (κ1) is 14.3. The Morgan fingerprint density at radius 1 is 1.11 bits per heavy atom. The van der Waals surface area contributed by atoms with Crippen LogP contribution in [0.2, 0.25) is 0 Å². The highest BCUT2D eigenvalue weighted by Crippen LogP contribution is 2.37. The van der Waals surface area contributed by atoms with Gasteiger partial charge < -0.3 is 0 Å². The van der Waals surface area contributed by atoms with Crippen LogP contribution in [0.1, 0.15) is 62.5 Å².